The summed E-state index contributed by atoms with van der Waals surface area (Å²) < 4.78 is 4.49. The highest BCUT2D eigenvalue weighted by Gasteiger charge is 2.12. The van der Waals surface area contributed by atoms with Crippen molar-refractivity contribution in [3.05, 3.63) is 0 Å². The van der Waals surface area contributed by atoms with Crippen molar-refractivity contribution in [2.45, 2.75) is 78.6 Å². The molecule has 0 aromatic carbocycles. The molecule has 0 amide bonds. The first-order valence-electron chi connectivity index (χ1n) is 7.76. The summed E-state index contributed by atoms with van der Waals surface area (Å²) in [5, 5.41) is 0. The van der Waals surface area contributed by atoms with Crippen LogP contribution < -0.4 is 0 Å². The molecule has 114 valence electrons. The summed E-state index contributed by atoms with van der Waals surface area (Å²) in [4.78, 5) is 20.6. The Bertz CT molecular complexity index is 196. The third-order valence-electron chi connectivity index (χ3n) is 3.05. The molecule has 0 spiro atoms. The van der Waals surface area contributed by atoms with Gasteiger partial charge in [-0.15, -0.1) is 0 Å². The van der Waals surface area contributed by atoms with Gasteiger partial charge in [-0.25, -0.2) is 0 Å². The molecule has 0 saturated heterocycles. The highest BCUT2D eigenvalue weighted by atomic mass is 16.5. The minimum atomic E-state index is -0.0869. The van der Waals surface area contributed by atoms with Gasteiger partial charge in [-0.05, 0) is 19.3 Å². The zero-order valence-electron chi connectivity index (χ0n) is 13.2. The third-order valence-corrected chi connectivity index (χ3v) is 3.05. The first-order chi connectivity index (χ1) is 9.24. The van der Waals surface area contributed by atoms with Crippen LogP contribution in [0.3, 0.4) is 0 Å². The van der Waals surface area contributed by atoms with E-state index in [1.165, 1.54) is 32.8 Å². The number of esters is 1. The van der Waals surface area contributed by atoms with E-state index in [-0.39, 0.29) is 5.97 Å². The minimum Gasteiger partial charge on any atom is -0.469 e. The van der Waals surface area contributed by atoms with E-state index < -0.39 is 0 Å². The Morgan fingerprint density at radius 3 is 2.11 bits per heavy atom. The van der Waals surface area contributed by atoms with E-state index in [1.54, 1.807) is 0 Å². The largest absolute Gasteiger partial charge is 0.469 e. The zero-order chi connectivity index (χ0) is 14.9. The third kappa shape index (κ3) is 15.1. The molecule has 0 atom stereocenters. The Morgan fingerprint density at radius 1 is 1.16 bits per heavy atom. The fourth-order valence-electron chi connectivity index (χ4n) is 1.89. The standard InChI is InChI=1S/C8H16O2.C6H10O.C2H6/c1-3-4-5-6-7-8(9)10-2;7-5-6-3-1-2-4-6;1-2/h3-7H2,1-2H3;5-6H,1-4H2;1-2H3. The normalized spacial score (nSPS) is 13.7. The summed E-state index contributed by atoms with van der Waals surface area (Å²) in [6.45, 7) is 6.15. The number of aldehydes is 1. The fourth-order valence-corrected chi connectivity index (χ4v) is 1.89. The van der Waals surface area contributed by atoms with Crippen LogP contribution in [0, 0.1) is 5.92 Å². The lowest BCUT2D eigenvalue weighted by Crippen LogP contribution is -1.98. The molecule has 0 N–H and O–H groups in total. The molecule has 0 radical (unpaired) electrons. The van der Waals surface area contributed by atoms with Crippen LogP contribution in [-0.4, -0.2) is 19.4 Å². The van der Waals surface area contributed by atoms with Gasteiger partial charge in [-0.1, -0.05) is 52.9 Å². The molecular weight excluding hydrogens is 240 g/mol. The van der Waals surface area contributed by atoms with E-state index in [9.17, 15) is 9.59 Å². The Labute approximate surface area is 119 Å². The van der Waals surface area contributed by atoms with Crippen molar-refractivity contribution in [2.75, 3.05) is 7.11 Å². The molecule has 1 rings (SSSR count). The number of carbonyl (C=O) groups is 2. The number of unbranched alkanes of at least 4 members (excludes halogenated alkanes) is 3. The maximum Gasteiger partial charge on any atom is 0.305 e. The number of carbonyl (C=O) groups excluding carboxylic acids is 2. The van der Waals surface area contributed by atoms with Gasteiger partial charge in [0.1, 0.15) is 6.29 Å². The summed E-state index contributed by atoms with van der Waals surface area (Å²) in [6, 6.07) is 0. The predicted octanol–water partition coefficient (Wildman–Crippen LogP) is 4.53. The maximum absolute atomic E-state index is 10.6. The van der Waals surface area contributed by atoms with Crippen LogP contribution in [0.4, 0.5) is 0 Å². The molecule has 1 fully saturated rings. The maximum atomic E-state index is 10.6. The Balaban J connectivity index is 0. The van der Waals surface area contributed by atoms with Gasteiger partial charge >= 0.3 is 5.97 Å². The van der Waals surface area contributed by atoms with Crippen LogP contribution in [0.1, 0.15) is 78.6 Å². The molecule has 1 aliphatic rings. The number of hydrogen-bond donors (Lipinski definition) is 0. The molecule has 0 aromatic heterocycles. The number of methoxy groups -OCH3 is 1. The van der Waals surface area contributed by atoms with Gasteiger partial charge in [-0.2, -0.15) is 0 Å². The first kappa shape index (κ1) is 20.5. The molecule has 0 heterocycles. The van der Waals surface area contributed by atoms with Crippen molar-refractivity contribution in [3.8, 4) is 0 Å². The molecule has 19 heavy (non-hydrogen) atoms. The van der Waals surface area contributed by atoms with Crippen molar-refractivity contribution >= 4 is 12.3 Å². The summed E-state index contributed by atoms with van der Waals surface area (Å²) in [5.74, 6) is 0.330. The molecule has 0 unspecified atom stereocenters. The quantitative estimate of drug-likeness (QED) is 0.405. The Hall–Kier alpha value is -0.860. The molecule has 1 aliphatic carbocycles. The zero-order valence-corrected chi connectivity index (χ0v) is 13.2. The van der Waals surface area contributed by atoms with Crippen LogP contribution in [0.5, 0.6) is 0 Å². The van der Waals surface area contributed by atoms with Gasteiger partial charge in [0.25, 0.3) is 0 Å². The van der Waals surface area contributed by atoms with Gasteiger partial charge in [0.2, 0.25) is 0 Å². The Morgan fingerprint density at radius 2 is 1.74 bits per heavy atom. The second-order valence-electron chi connectivity index (χ2n) is 4.57. The van der Waals surface area contributed by atoms with Crippen molar-refractivity contribution in [3.63, 3.8) is 0 Å². The van der Waals surface area contributed by atoms with Crippen LogP contribution in [0.2, 0.25) is 0 Å². The monoisotopic (exact) mass is 272 g/mol. The van der Waals surface area contributed by atoms with E-state index in [1.807, 2.05) is 13.8 Å². The molecule has 0 aliphatic heterocycles. The second kappa shape index (κ2) is 17.1. The van der Waals surface area contributed by atoms with Crippen molar-refractivity contribution < 1.29 is 14.3 Å². The van der Waals surface area contributed by atoms with Crippen LogP contribution in [-0.2, 0) is 14.3 Å². The molecule has 0 bridgehead atoms. The number of rotatable bonds is 6. The SMILES string of the molecule is CC.CCCCCCC(=O)OC.O=CC1CCCC1. The smallest absolute Gasteiger partial charge is 0.305 e. The molecular formula is C16H32O3. The highest BCUT2D eigenvalue weighted by Crippen LogP contribution is 2.21. The molecule has 0 aromatic rings. The fraction of sp³-hybridized carbons (Fsp3) is 0.875. The summed E-state index contributed by atoms with van der Waals surface area (Å²) >= 11 is 0. The minimum absolute atomic E-state index is 0.0869. The van der Waals surface area contributed by atoms with Crippen LogP contribution >= 0.6 is 0 Å². The molecule has 1 saturated carbocycles. The number of hydrogen-bond acceptors (Lipinski definition) is 3. The van der Waals surface area contributed by atoms with Crippen molar-refractivity contribution in [2.24, 2.45) is 5.92 Å². The highest BCUT2D eigenvalue weighted by molar-refractivity contribution is 5.68. The first-order valence-corrected chi connectivity index (χ1v) is 7.76. The van der Waals surface area contributed by atoms with E-state index in [0.29, 0.717) is 12.3 Å². The Kier molecular flexibility index (Phi) is 18.5. The lowest BCUT2D eigenvalue weighted by molar-refractivity contribution is -0.140. The van der Waals surface area contributed by atoms with Gasteiger partial charge in [0.15, 0.2) is 0 Å². The summed E-state index contributed by atoms with van der Waals surface area (Å²) in [7, 11) is 1.43. The van der Waals surface area contributed by atoms with Crippen LogP contribution in [0.15, 0.2) is 0 Å². The van der Waals surface area contributed by atoms with Gasteiger partial charge in [-0.3, -0.25) is 4.79 Å². The average molecular weight is 272 g/mol. The molecule has 3 nitrogen and oxygen atoms in total. The van der Waals surface area contributed by atoms with Crippen LogP contribution in [0.25, 0.3) is 0 Å². The second-order valence-corrected chi connectivity index (χ2v) is 4.57. The lowest BCUT2D eigenvalue weighted by atomic mass is 10.1. The number of ether oxygens (including phenoxy) is 1. The van der Waals surface area contributed by atoms with E-state index in [4.69, 9.17) is 0 Å². The topological polar surface area (TPSA) is 43.4 Å². The van der Waals surface area contributed by atoms with Crippen molar-refractivity contribution in [1.29, 1.82) is 0 Å². The summed E-state index contributed by atoms with van der Waals surface area (Å²) in [6.07, 6.45) is 11.0. The van der Waals surface area contributed by atoms with Gasteiger partial charge in [0, 0.05) is 12.3 Å². The lowest BCUT2D eigenvalue weighted by Gasteiger charge is -1.97. The summed E-state index contributed by atoms with van der Waals surface area (Å²) in [5.41, 5.74) is 0. The predicted molar refractivity (Wildman–Crippen MR) is 80.1 cm³/mol. The molecule has 3 heteroatoms. The van der Waals surface area contributed by atoms with Crippen molar-refractivity contribution in [1.82, 2.24) is 0 Å². The van der Waals surface area contributed by atoms with Gasteiger partial charge < -0.3 is 9.53 Å². The van der Waals surface area contributed by atoms with Gasteiger partial charge in [0.05, 0.1) is 7.11 Å². The van der Waals surface area contributed by atoms with E-state index in [0.717, 1.165) is 32.0 Å². The average Bonchev–Trinajstić information content (AvgIpc) is 2.99. The van der Waals surface area contributed by atoms with E-state index in [2.05, 4.69) is 11.7 Å². The van der Waals surface area contributed by atoms with E-state index >= 15 is 0 Å².